The molecule has 4 bridgehead atoms. The summed E-state index contributed by atoms with van der Waals surface area (Å²) in [6, 6.07) is 8.73. The van der Waals surface area contributed by atoms with Crippen LogP contribution in [0.25, 0.3) is 0 Å². The molecule has 1 saturated heterocycles. The van der Waals surface area contributed by atoms with Gasteiger partial charge in [-0.25, -0.2) is 13.2 Å². The lowest BCUT2D eigenvalue weighted by molar-refractivity contribution is -0.0116. The number of nitrogens with one attached hydrogen (secondary N) is 1. The van der Waals surface area contributed by atoms with Gasteiger partial charge in [-0.1, -0.05) is 24.3 Å². The number of urea groups is 1. The second-order valence-corrected chi connectivity index (χ2v) is 13.3. The van der Waals surface area contributed by atoms with Gasteiger partial charge in [0.1, 0.15) is 0 Å². The SMILES string of the molecule is CS(=O)(=O)N1Cc2ccccc2C2(CCN(C(=O)NC3C4CC5CC(C4)CC3C5)CC2)C1. The molecule has 7 heteroatoms. The molecule has 2 heterocycles. The van der Waals surface area contributed by atoms with Gasteiger partial charge in [0.05, 0.1) is 6.26 Å². The molecule has 0 atom stereocenters. The zero-order chi connectivity index (χ0) is 22.1. The number of sulfonamides is 1. The maximum Gasteiger partial charge on any atom is 0.317 e. The molecule has 6 nitrogen and oxygen atoms in total. The molecule has 2 amide bonds. The summed E-state index contributed by atoms with van der Waals surface area (Å²) in [5.41, 5.74) is 2.19. The molecule has 1 spiro atoms. The molecule has 0 unspecified atom stereocenters. The number of rotatable bonds is 2. The quantitative estimate of drug-likeness (QED) is 0.741. The molecule has 0 aromatic heterocycles. The van der Waals surface area contributed by atoms with E-state index in [4.69, 9.17) is 0 Å². The number of carbonyl (C=O) groups is 1. The summed E-state index contributed by atoms with van der Waals surface area (Å²) >= 11 is 0. The van der Waals surface area contributed by atoms with E-state index in [0.29, 0.717) is 44.1 Å². The second kappa shape index (κ2) is 7.45. The number of carbonyl (C=O) groups excluding carboxylic acids is 1. The van der Waals surface area contributed by atoms with E-state index in [2.05, 4.69) is 23.5 Å². The van der Waals surface area contributed by atoms with Crippen LogP contribution >= 0.6 is 0 Å². The molecule has 6 aliphatic rings. The molecule has 2 aliphatic heterocycles. The zero-order valence-electron chi connectivity index (χ0n) is 19.0. The molecule has 1 aromatic rings. The summed E-state index contributed by atoms with van der Waals surface area (Å²) in [7, 11) is -3.26. The van der Waals surface area contributed by atoms with Crippen LogP contribution < -0.4 is 5.32 Å². The first-order valence-corrected chi connectivity index (χ1v) is 14.2. The van der Waals surface area contributed by atoms with Gasteiger partial charge < -0.3 is 10.2 Å². The van der Waals surface area contributed by atoms with E-state index in [1.807, 2.05) is 11.0 Å². The lowest BCUT2D eigenvalue weighted by atomic mass is 9.54. The van der Waals surface area contributed by atoms with Crippen LogP contribution in [0.4, 0.5) is 4.79 Å². The molecule has 4 saturated carbocycles. The fourth-order valence-corrected chi connectivity index (χ4v) is 8.89. The molecule has 1 aromatic carbocycles. The Balaban J connectivity index is 1.16. The first kappa shape index (κ1) is 21.0. The number of nitrogens with zero attached hydrogens (tertiary/aromatic N) is 2. The van der Waals surface area contributed by atoms with Gasteiger partial charge in [0.2, 0.25) is 10.0 Å². The number of hydrogen-bond donors (Lipinski definition) is 1. The van der Waals surface area contributed by atoms with Gasteiger partial charge in [-0.3, -0.25) is 0 Å². The van der Waals surface area contributed by atoms with Gasteiger partial charge in [-0.05, 0) is 79.7 Å². The highest BCUT2D eigenvalue weighted by atomic mass is 32.2. The standard InChI is InChI=1S/C25H35N3O3S/c1-32(30,31)28-15-19-4-2-3-5-22(19)25(16-28)6-8-27(9-7-25)24(29)26-23-20-11-17-10-18(13-20)14-21(23)12-17/h2-5,17-18,20-21,23H,6-16H2,1H3,(H,26,29). The molecule has 174 valence electrons. The number of amides is 2. The lowest BCUT2D eigenvalue weighted by Gasteiger charge is -2.54. The van der Waals surface area contributed by atoms with Crippen molar-refractivity contribution in [1.29, 1.82) is 0 Å². The maximum absolute atomic E-state index is 13.2. The van der Waals surface area contributed by atoms with Crippen LogP contribution in [-0.4, -0.2) is 55.6 Å². The van der Waals surface area contributed by atoms with Crippen LogP contribution in [0.15, 0.2) is 24.3 Å². The molecule has 0 radical (unpaired) electrons. The van der Waals surface area contributed by atoms with E-state index < -0.39 is 10.0 Å². The van der Waals surface area contributed by atoms with Crippen molar-refractivity contribution in [3.63, 3.8) is 0 Å². The highest BCUT2D eigenvalue weighted by Crippen LogP contribution is 2.53. The van der Waals surface area contributed by atoms with Crippen molar-refractivity contribution in [2.75, 3.05) is 25.9 Å². The van der Waals surface area contributed by atoms with Crippen LogP contribution in [-0.2, 0) is 22.0 Å². The van der Waals surface area contributed by atoms with Gasteiger partial charge in [0.25, 0.3) is 0 Å². The molecule has 7 rings (SSSR count). The van der Waals surface area contributed by atoms with Crippen LogP contribution in [0.3, 0.4) is 0 Å². The van der Waals surface area contributed by atoms with Crippen LogP contribution in [0.5, 0.6) is 0 Å². The Bertz CT molecular complexity index is 987. The molecular formula is C25H35N3O3S. The minimum absolute atomic E-state index is 0.0985. The van der Waals surface area contributed by atoms with E-state index in [0.717, 1.165) is 30.2 Å². The summed E-state index contributed by atoms with van der Waals surface area (Å²) in [5, 5.41) is 3.46. The smallest absolute Gasteiger partial charge is 0.317 e. The number of benzene rings is 1. The predicted octanol–water partition coefficient (Wildman–Crippen LogP) is 3.33. The van der Waals surface area contributed by atoms with E-state index in [9.17, 15) is 13.2 Å². The predicted molar refractivity (Wildman–Crippen MR) is 124 cm³/mol. The second-order valence-electron chi connectivity index (χ2n) is 11.4. The summed E-state index contributed by atoms with van der Waals surface area (Å²) in [5.74, 6) is 3.18. The summed E-state index contributed by atoms with van der Waals surface area (Å²) in [6.07, 6.45) is 9.57. The van der Waals surface area contributed by atoms with Crippen molar-refractivity contribution in [2.24, 2.45) is 23.7 Å². The average Bonchev–Trinajstić information content (AvgIpc) is 2.75. The summed E-state index contributed by atoms with van der Waals surface area (Å²) in [4.78, 5) is 15.2. The Labute approximate surface area is 191 Å². The Morgan fingerprint density at radius 2 is 1.62 bits per heavy atom. The Hall–Kier alpha value is -1.60. The molecule has 5 fully saturated rings. The Kier molecular flexibility index (Phi) is 4.88. The molecule has 4 aliphatic carbocycles. The van der Waals surface area contributed by atoms with Crippen molar-refractivity contribution in [2.45, 2.75) is 62.9 Å². The van der Waals surface area contributed by atoms with Crippen molar-refractivity contribution >= 4 is 16.1 Å². The van der Waals surface area contributed by atoms with Crippen molar-refractivity contribution < 1.29 is 13.2 Å². The van der Waals surface area contributed by atoms with Crippen molar-refractivity contribution in [3.05, 3.63) is 35.4 Å². The van der Waals surface area contributed by atoms with Crippen LogP contribution in [0.2, 0.25) is 0 Å². The highest BCUT2D eigenvalue weighted by molar-refractivity contribution is 7.88. The van der Waals surface area contributed by atoms with Crippen LogP contribution in [0, 0.1) is 23.7 Å². The highest BCUT2D eigenvalue weighted by Gasteiger charge is 2.49. The third kappa shape index (κ3) is 3.47. The third-order valence-electron chi connectivity index (χ3n) is 9.41. The van der Waals surface area contributed by atoms with Crippen molar-refractivity contribution in [3.8, 4) is 0 Å². The van der Waals surface area contributed by atoms with E-state index in [-0.39, 0.29) is 11.4 Å². The molecule has 1 N–H and O–H groups in total. The average molecular weight is 458 g/mol. The minimum Gasteiger partial charge on any atom is -0.335 e. The van der Waals surface area contributed by atoms with Crippen LogP contribution in [0.1, 0.15) is 56.1 Å². The molecule has 32 heavy (non-hydrogen) atoms. The van der Waals surface area contributed by atoms with Gasteiger partial charge in [-0.2, -0.15) is 4.31 Å². The largest absolute Gasteiger partial charge is 0.335 e. The maximum atomic E-state index is 13.2. The van der Waals surface area contributed by atoms with Gasteiger partial charge >= 0.3 is 6.03 Å². The van der Waals surface area contributed by atoms with Gasteiger partial charge in [-0.15, -0.1) is 0 Å². The van der Waals surface area contributed by atoms with Gasteiger partial charge in [0, 0.05) is 37.6 Å². The number of hydrogen-bond acceptors (Lipinski definition) is 3. The zero-order valence-corrected chi connectivity index (χ0v) is 19.8. The Morgan fingerprint density at radius 1 is 1.00 bits per heavy atom. The van der Waals surface area contributed by atoms with Gasteiger partial charge in [0.15, 0.2) is 0 Å². The Morgan fingerprint density at radius 3 is 2.25 bits per heavy atom. The monoisotopic (exact) mass is 457 g/mol. The van der Waals surface area contributed by atoms with Crippen molar-refractivity contribution in [1.82, 2.24) is 14.5 Å². The lowest BCUT2D eigenvalue weighted by Crippen LogP contribution is -2.60. The topological polar surface area (TPSA) is 69.7 Å². The van der Waals surface area contributed by atoms with E-state index in [1.165, 1.54) is 43.9 Å². The first-order valence-electron chi connectivity index (χ1n) is 12.4. The number of fused-ring (bicyclic) bond motifs is 2. The fraction of sp³-hybridized carbons (Fsp3) is 0.720. The third-order valence-corrected chi connectivity index (χ3v) is 10.6. The van der Waals surface area contributed by atoms with E-state index >= 15 is 0 Å². The number of likely N-dealkylation sites (tertiary alicyclic amines) is 1. The first-order chi connectivity index (χ1) is 15.3. The summed E-state index contributed by atoms with van der Waals surface area (Å²) in [6.45, 7) is 2.34. The number of piperidine rings is 1. The minimum atomic E-state index is -3.26. The fourth-order valence-electron chi connectivity index (χ4n) is 8.04. The molecular weight excluding hydrogens is 422 g/mol. The summed E-state index contributed by atoms with van der Waals surface area (Å²) < 4.78 is 26.4. The normalized spacial score (nSPS) is 35.7. The van der Waals surface area contributed by atoms with E-state index in [1.54, 1.807) is 4.31 Å².